The molecule has 1 aliphatic heterocycles. The fourth-order valence-corrected chi connectivity index (χ4v) is 2.05. The summed E-state index contributed by atoms with van der Waals surface area (Å²) in [4.78, 5) is 11.9. The van der Waals surface area contributed by atoms with E-state index in [1.807, 2.05) is 5.01 Å². The normalized spacial score (nSPS) is 17.5. The third-order valence-electron chi connectivity index (χ3n) is 2.79. The van der Waals surface area contributed by atoms with E-state index in [1.54, 1.807) is 18.2 Å². The molecule has 1 heterocycles. The molecule has 0 atom stereocenters. The van der Waals surface area contributed by atoms with Crippen molar-refractivity contribution in [2.45, 2.75) is 12.8 Å². The molecule has 2 N–H and O–H groups in total. The average molecular weight is 237 g/mol. The van der Waals surface area contributed by atoms with E-state index in [-0.39, 0.29) is 11.7 Å². The number of hydrazine groups is 1. The molecule has 0 spiro atoms. The van der Waals surface area contributed by atoms with Gasteiger partial charge in [0.25, 0.3) is 0 Å². The van der Waals surface area contributed by atoms with E-state index in [0.29, 0.717) is 25.2 Å². The highest BCUT2D eigenvalue weighted by molar-refractivity contribution is 5.93. The van der Waals surface area contributed by atoms with Gasteiger partial charge in [-0.3, -0.25) is 4.79 Å². The van der Waals surface area contributed by atoms with Crippen LogP contribution in [0.1, 0.15) is 12.8 Å². The van der Waals surface area contributed by atoms with Gasteiger partial charge in [0.15, 0.2) is 0 Å². The van der Waals surface area contributed by atoms with Crippen LogP contribution in [0.4, 0.5) is 10.1 Å². The number of anilines is 1. The van der Waals surface area contributed by atoms with Crippen molar-refractivity contribution in [1.82, 2.24) is 5.01 Å². The second kappa shape index (κ2) is 5.25. The second-order valence-electron chi connectivity index (χ2n) is 4.00. The highest BCUT2D eigenvalue weighted by Crippen LogP contribution is 2.24. The first-order valence-electron chi connectivity index (χ1n) is 5.76. The Morgan fingerprint density at radius 2 is 2.12 bits per heavy atom. The smallest absolute Gasteiger partial charge is 0.241 e. The molecular weight excluding hydrogens is 221 g/mol. The lowest BCUT2D eigenvalue weighted by molar-refractivity contribution is -0.123. The van der Waals surface area contributed by atoms with E-state index in [0.717, 1.165) is 13.0 Å². The van der Waals surface area contributed by atoms with Gasteiger partial charge in [0.2, 0.25) is 5.91 Å². The van der Waals surface area contributed by atoms with E-state index in [2.05, 4.69) is 0 Å². The Morgan fingerprint density at radius 1 is 1.35 bits per heavy atom. The molecule has 0 saturated carbocycles. The van der Waals surface area contributed by atoms with Crippen molar-refractivity contribution >= 4 is 11.6 Å². The zero-order valence-corrected chi connectivity index (χ0v) is 9.60. The van der Waals surface area contributed by atoms with Crippen LogP contribution >= 0.6 is 0 Å². The molecule has 1 aromatic rings. The summed E-state index contributed by atoms with van der Waals surface area (Å²) in [6.07, 6.45) is 1.25. The van der Waals surface area contributed by atoms with Gasteiger partial charge in [0.1, 0.15) is 5.82 Å². The van der Waals surface area contributed by atoms with Gasteiger partial charge in [-0.1, -0.05) is 12.1 Å². The van der Waals surface area contributed by atoms with Crippen molar-refractivity contribution in [3.05, 3.63) is 30.1 Å². The molecule has 0 aliphatic carbocycles. The van der Waals surface area contributed by atoms with Crippen LogP contribution in [0.3, 0.4) is 0 Å². The molecule has 5 heteroatoms. The molecule has 0 aromatic heterocycles. The zero-order chi connectivity index (χ0) is 12.3. The SMILES string of the molecule is NCCN1CCCC(=O)N1c1ccccc1F. The van der Waals surface area contributed by atoms with E-state index in [9.17, 15) is 9.18 Å². The zero-order valence-electron chi connectivity index (χ0n) is 9.60. The highest BCUT2D eigenvalue weighted by Gasteiger charge is 2.28. The Hall–Kier alpha value is -1.46. The third kappa shape index (κ3) is 2.45. The van der Waals surface area contributed by atoms with Gasteiger partial charge in [-0.15, -0.1) is 0 Å². The van der Waals surface area contributed by atoms with Crippen LogP contribution in [0.2, 0.25) is 0 Å². The lowest BCUT2D eigenvalue weighted by Gasteiger charge is -2.38. The monoisotopic (exact) mass is 237 g/mol. The van der Waals surface area contributed by atoms with Gasteiger partial charge >= 0.3 is 0 Å². The summed E-state index contributed by atoms with van der Waals surface area (Å²) in [6.45, 7) is 1.73. The van der Waals surface area contributed by atoms with E-state index in [4.69, 9.17) is 5.73 Å². The van der Waals surface area contributed by atoms with Gasteiger partial charge in [-0.25, -0.2) is 14.4 Å². The molecular formula is C12H16FN3O. The van der Waals surface area contributed by atoms with Crippen LogP contribution in [0.25, 0.3) is 0 Å². The number of hydrogen-bond donors (Lipinski definition) is 1. The van der Waals surface area contributed by atoms with Crippen LogP contribution in [-0.4, -0.2) is 30.6 Å². The van der Waals surface area contributed by atoms with Crippen LogP contribution in [0, 0.1) is 5.82 Å². The summed E-state index contributed by atoms with van der Waals surface area (Å²) in [5.41, 5.74) is 5.82. The third-order valence-corrected chi connectivity index (χ3v) is 2.79. The molecule has 1 fully saturated rings. The van der Waals surface area contributed by atoms with Gasteiger partial charge < -0.3 is 5.73 Å². The molecule has 1 amide bonds. The number of nitrogens with zero attached hydrogens (tertiary/aromatic N) is 2. The first kappa shape index (κ1) is 12.0. The van der Waals surface area contributed by atoms with Crippen molar-refractivity contribution in [3.8, 4) is 0 Å². The number of carbonyl (C=O) groups is 1. The molecule has 1 aromatic carbocycles. The minimum absolute atomic E-state index is 0.0743. The molecule has 17 heavy (non-hydrogen) atoms. The Labute approximate surface area is 99.8 Å². The first-order chi connectivity index (χ1) is 8.24. The molecule has 92 valence electrons. The topological polar surface area (TPSA) is 49.6 Å². The number of benzene rings is 1. The molecule has 1 aliphatic rings. The van der Waals surface area contributed by atoms with Crippen molar-refractivity contribution in [3.63, 3.8) is 0 Å². The van der Waals surface area contributed by atoms with Crippen molar-refractivity contribution in [2.75, 3.05) is 24.6 Å². The number of nitrogens with two attached hydrogens (primary N) is 1. The van der Waals surface area contributed by atoms with E-state index < -0.39 is 0 Å². The summed E-state index contributed by atoms with van der Waals surface area (Å²) in [7, 11) is 0. The average Bonchev–Trinajstić information content (AvgIpc) is 2.31. The maximum absolute atomic E-state index is 13.7. The quantitative estimate of drug-likeness (QED) is 0.857. The van der Waals surface area contributed by atoms with E-state index >= 15 is 0 Å². The molecule has 0 bridgehead atoms. The summed E-state index contributed by atoms with van der Waals surface area (Å²) < 4.78 is 13.7. The van der Waals surface area contributed by atoms with Crippen LogP contribution in [0.15, 0.2) is 24.3 Å². The van der Waals surface area contributed by atoms with Crippen molar-refractivity contribution < 1.29 is 9.18 Å². The first-order valence-corrected chi connectivity index (χ1v) is 5.76. The van der Waals surface area contributed by atoms with Crippen LogP contribution in [-0.2, 0) is 4.79 Å². The number of hydrogen-bond acceptors (Lipinski definition) is 3. The molecule has 1 saturated heterocycles. The molecule has 0 radical (unpaired) electrons. The molecule has 0 unspecified atom stereocenters. The van der Waals surface area contributed by atoms with Gasteiger partial charge in [0.05, 0.1) is 5.69 Å². The number of rotatable bonds is 3. The predicted octanol–water partition coefficient (Wildman–Crippen LogP) is 1.13. The Bertz CT molecular complexity index is 408. The summed E-state index contributed by atoms with van der Waals surface area (Å²) >= 11 is 0. The summed E-state index contributed by atoms with van der Waals surface area (Å²) in [5.74, 6) is -0.459. The Morgan fingerprint density at radius 3 is 2.82 bits per heavy atom. The lowest BCUT2D eigenvalue weighted by Crippen LogP contribution is -2.52. The standard InChI is InChI=1S/C12H16FN3O/c13-10-4-1-2-5-11(10)16-12(17)6-3-8-15(16)9-7-14/h1-2,4-5H,3,6-9,14H2. The summed E-state index contributed by atoms with van der Waals surface area (Å²) in [5, 5.41) is 3.23. The summed E-state index contributed by atoms with van der Waals surface area (Å²) in [6, 6.07) is 6.31. The van der Waals surface area contributed by atoms with E-state index in [1.165, 1.54) is 11.1 Å². The predicted molar refractivity (Wildman–Crippen MR) is 63.7 cm³/mol. The largest absolute Gasteiger partial charge is 0.329 e. The lowest BCUT2D eigenvalue weighted by atomic mass is 10.2. The maximum Gasteiger partial charge on any atom is 0.241 e. The number of amides is 1. The molecule has 4 nitrogen and oxygen atoms in total. The molecule has 2 rings (SSSR count). The van der Waals surface area contributed by atoms with Crippen molar-refractivity contribution in [2.24, 2.45) is 5.73 Å². The van der Waals surface area contributed by atoms with Crippen molar-refractivity contribution in [1.29, 1.82) is 0 Å². The fourth-order valence-electron chi connectivity index (χ4n) is 2.05. The maximum atomic E-state index is 13.7. The number of halogens is 1. The van der Waals surface area contributed by atoms with Gasteiger partial charge in [-0.2, -0.15) is 0 Å². The highest BCUT2D eigenvalue weighted by atomic mass is 19.1. The van der Waals surface area contributed by atoms with Gasteiger partial charge in [-0.05, 0) is 18.6 Å². The van der Waals surface area contributed by atoms with Crippen LogP contribution in [0.5, 0.6) is 0 Å². The minimum atomic E-state index is -0.384. The second-order valence-corrected chi connectivity index (χ2v) is 4.00. The van der Waals surface area contributed by atoms with Gasteiger partial charge in [0, 0.05) is 26.1 Å². The van der Waals surface area contributed by atoms with Crippen LogP contribution < -0.4 is 10.7 Å². The number of carbonyl (C=O) groups excluding carboxylic acids is 1. The fraction of sp³-hybridized carbons (Fsp3) is 0.417. The number of para-hydroxylation sites is 1. The Balaban J connectivity index is 2.31. The minimum Gasteiger partial charge on any atom is -0.329 e. The Kier molecular flexibility index (Phi) is 3.71.